The zero-order chi connectivity index (χ0) is 20.8. The highest BCUT2D eigenvalue weighted by molar-refractivity contribution is 6.28. The van der Waals surface area contributed by atoms with Crippen molar-refractivity contribution in [3.05, 3.63) is 11.6 Å². The number of aromatic nitrogens is 3. The minimum absolute atomic E-state index is 0.0840. The molecule has 1 aliphatic heterocycles. The van der Waals surface area contributed by atoms with Crippen molar-refractivity contribution in [2.45, 2.75) is 69.3 Å². The summed E-state index contributed by atoms with van der Waals surface area (Å²) in [5.41, 5.74) is -4.70. The van der Waals surface area contributed by atoms with E-state index in [2.05, 4.69) is 15.2 Å². The summed E-state index contributed by atoms with van der Waals surface area (Å²) in [6.45, 7) is 1.39. The highest BCUT2D eigenvalue weighted by Gasteiger charge is 2.68. The Labute approximate surface area is 169 Å². The van der Waals surface area contributed by atoms with Crippen molar-refractivity contribution in [2.24, 2.45) is 22.4 Å². The van der Waals surface area contributed by atoms with Gasteiger partial charge in [0.2, 0.25) is 5.28 Å². The molecule has 0 unspecified atom stereocenters. The number of carbonyl (C=O) groups excluding carboxylic acids is 1. The number of alkyl halides is 3. The number of halogens is 4. The van der Waals surface area contributed by atoms with Gasteiger partial charge in [-0.15, -0.1) is 5.10 Å². The van der Waals surface area contributed by atoms with E-state index in [4.69, 9.17) is 11.6 Å². The van der Waals surface area contributed by atoms with Crippen molar-refractivity contribution in [3.8, 4) is 0 Å². The van der Waals surface area contributed by atoms with Gasteiger partial charge in [0, 0.05) is 12.1 Å². The van der Waals surface area contributed by atoms with Crippen LogP contribution >= 0.6 is 11.6 Å². The van der Waals surface area contributed by atoms with Crippen molar-refractivity contribution < 1.29 is 23.1 Å². The zero-order valence-corrected chi connectivity index (χ0v) is 16.5. The lowest BCUT2D eigenvalue weighted by atomic mass is 9.46. The maximum Gasteiger partial charge on any atom is 0.438 e. The first kappa shape index (κ1) is 19.3. The second kappa shape index (κ2) is 5.72. The molecular weight excluding hydrogens is 411 g/mol. The summed E-state index contributed by atoms with van der Waals surface area (Å²) in [4.78, 5) is 17.6. The third-order valence-corrected chi connectivity index (χ3v) is 7.38. The molecule has 1 N–H and O–H groups in total. The molecule has 4 bridgehead atoms. The first-order valence-electron chi connectivity index (χ1n) is 9.72. The van der Waals surface area contributed by atoms with Crippen molar-refractivity contribution in [3.63, 3.8) is 0 Å². The second-order valence-corrected chi connectivity index (χ2v) is 9.71. The van der Waals surface area contributed by atoms with Crippen molar-refractivity contribution >= 4 is 23.2 Å². The highest BCUT2D eigenvalue weighted by atomic mass is 35.5. The van der Waals surface area contributed by atoms with Gasteiger partial charge in [-0.1, -0.05) is 0 Å². The Balaban J connectivity index is 1.55. The van der Waals surface area contributed by atoms with E-state index in [9.17, 15) is 23.1 Å². The number of rotatable bonds is 2. The Hall–Kier alpha value is -1.68. The minimum Gasteiger partial charge on any atom is -0.362 e. The van der Waals surface area contributed by atoms with Gasteiger partial charge in [0.25, 0.3) is 11.6 Å². The minimum atomic E-state index is -5.00. The van der Waals surface area contributed by atoms with Crippen LogP contribution in [0.3, 0.4) is 0 Å². The predicted octanol–water partition coefficient (Wildman–Crippen LogP) is 3.09. The Morgan fingerprint density at radius 3 is 2.48 bits per heavy atom. The van der Waals surface area contributed by atoms with Crippen LogP contribution in [-0.2, 0) is 10.3 Å². The summed E-state index contributed by atoms with van der Waals surface area (Å²) in [6, 6.07) is 0. The van der Waals surface area contributed by atoms with Gasteiger partial charge in [0.15, 0.2) is 0 Å². The Morgan fingerprint density at radius 1 is 1.28 bits per heavy atom. The SMILES string of the molecule is CC1=NN(C(=O)C23C[C@@H]4C[C@@H](C2)CC(n2cnc(Cl)n2)(C4)C3)[C@@](O)(C(F)(F)F)C1. The van der Waals surface area contributed by atoms with Gasteiger partial charge in [-0.2, -0.15) is 23.3 Å². The molecular formula is C18H21ClF3N5O2. The van der Waals surface area contributed by atoms with E-state index in [1.165, 1.54) is 13.3 Å². The lowest BCUT2D eigenvalue weighted by molar-refractivity contribution is -0.305. The molecule has 1 amide bonds. The molecule has 158 valence electrons. The third kappa shape index (κ3) is 2.60. The van der Waals surface area contributed by atoms with E-state index in [0.29, 0.717) is 24.3 Å². The second-order valence-electron chi connectivity index (χ2n) is 9.37. The molecule has 29 heavy (non-hydrogen) atoms. The van der Waals surface area contributed by atoms with Crippen molar-refractivity contribution in [1.82, 2.24) is 19.8 Å². The lowest BCUT2D eigenvalue weighted by Gasteiger charge is -2.61. The summed E-state index contributed by atoms with van der Waals surface area (Å²) in [7, 11) is 0. The normalized spacial score (nSPS) is 41.2. The van der Waals surface area contributed by atoms with Crippen LogP contribution in [0.2, 0.25) is 5.28 Å². The maximum atomic E-state index is 13.7. The fourth-order valence-electron chi connectivity index (χ4n) is 6.58. The Kier molecular flexibility index (Phi) is 3.80. The van der Waals surface area contributed by atoms with Gasteiger partial charge in [0.05, 0.1) is 11.0 Å². The number of aliphatic hydroxyl groups is 1. The van der Waals surface area contributed by atoms with Crippen LogP contribution < -0.4 is 0 Å². The van der Waals surface area contributed by atoms with Crippen LogP contribution in [0, 0.1) is 17.3 Å². The number of hydrazone groups is 1. The molecule has 0 radical (unpaired) electrons. The fraction of sp³-hybridized carbons (Fsp3) is 0.778. The van der Waals surface area contributed by atoms with E-state index >= 15 is 0 Å². The number of carbonyl (C=O) groups is 1. The molecule has 1 aromatic heterocycles. The van der Waals surface area contributed by atoms with Gasteiger partial charge >= 0.3 is 6.18 Å². The predicted molar refractivity (Wildman–Crippen MR) is 95.7 cm³/mol. The van der Waals surface area contributed by atoms with E-state index < -0.39 is 35.2 Å². The Bertz CT molecular complexity index is 902. The third-order valence-electron chi connectivity index (χ3n) is 7.20. The summed E-state index contributed by atoms with van der Waals surface area (Å²) < 4.78 is 42.8. The van der Waals surface area contributed by atoms with Crippen LogP contribution in [0.5, 0.6) is 0 Å². The Morgan fingerprint density at radius 2 is 1.93 bits per heavy atom. The molecule has 5 aliphatic rings. The van der Waals surface area contributed by atoms with Crippen molar-refractivity contribution in [1.29, 1.82) is 0 Å². The topological polar surface area (TPSA) is 83.6 Å². The maximum absolute atomic E-state index is 13.7. The van der Waals surface area contributed by atoms with Crippen LogP contribution in [-0.4, -0.2) is 48.4 Å². The largest absolute Gasteiger partial charge is 0.438 e. The number of nitrogens with zero attached hydrogens (tertiary/aromatic N) is 5. The summed E-state index contributed by atoms with van der Waals surface area (Å²) in [6.07, 6.45) is -0.281. The molecule has 4 aliphatic carbocycles. The molecule has 11 heteroatoms. The van der Waals surface area contributed by atoms with E-state index in [0.717, 1.165) is 19.3 Å². The summed E-state index contributed by atoms with van der Waals surface area (Å²) in [5, 5.41) is 19.0. The molecule has 6 rings (SSSR count). The van der Waals surface area contributed by atoms with Crippen LogP contribution in [0.4, 0.5) is 13.2 Å². The quantitative estimate of drug-likeness (QED) is 0.780. The number of amides is 1. The van der Waals surface area contributed by atoms with Crippen LogP contribution in [0.25, 0.3) is 0 Å². The van der Waals surface area contributed by atoms with Crippen molar-refractivity contribution in [2.75, 3.05) is 0 Å². The molecule has 4 saturated carbocycles. The first-order chi connectivity index (χ1) is 13.5. The van der Waals surface area contributed by atoms with E-state index in [-0.39, 0.29) is 22.8 Å². The average molecular weight is 432 g/mol. The summed E-state index contributed by atoms with van der Waals surface area (Å²) in [5.74, 6) is -0.330. The molecule has 4 fully saturated rings. The van der Waals surface area contributed by atoms with E-state index in [1.54, 1.807) is 4.68 Å². The van der Waals surface area contributed by atoms with Gasteiger partial charge in [-0.25, -0.2) is 9.67 Å². The molecule has 2 heterocycles. The van der Waals surface area contributed by atoms with Gasteiger partial charge in [-0.05, 0) is 68.9 Å². The molecule has 0 aromatic carbocycles. The van der Waals surface area contributed by atoms with Crippen LogP contribution in [0.15, 0.2) is 11.4 Å². The first-order valence-corrected chi connectivity index (χ1v) is 10.1. The standard InChI is InChI=1S/C18H21ClF3N5O2/c1-10-3-17(29,18(20,21)22)27(24-10)13(28)15-4-11-2-12(5-15)7-16(6-11,8-15)26-9-23-14(19)25-26/h9,11-12,29H,2-8H2,1H3/t11-,12-,15?,16?,17-/m0/s1. The molecule has 3 atom stereocenters. The van der Waals surface area contributed by atoms with E-state index in [1.807, 2.05) is 0 Å². The van der Waals surface area contributed by atoms with Gasteiger partial charge in [-0.3, -0.25) is 4.79 Å². The molecule has 1 aromatic rings. The lowest BCUT2D eigenvalue weighted by Crippen LogP contribution is -2.65. The number of hydrogen-bond acceptors (Lipinski definition) is 5. The molecule has 0 saturated heterocycles. The fourth-order valence-corrected chi connectivity index (χ4v) is 6.71. The molecule has 0 spiro atoms. The van der Waals surface area contributed by atoms with Gasteiger partial charge < -0.3 is 5.11 Å². The highest BCUT2D eigenvalue weighted by Crippen LogP contribution is 2.65. The monoisotopic (exact) mass is 431 g/mol. The number of hydrogen-bond donors (Lipinski definition) is 1. The smallest absolute Gasteiger partial charge is 0.362 e. The van der Waals surface area contributed by atoms with Crippen LogP contribution in [0.1, 0.15) is 51.9 Å². The molecule has 7 nitrogen and oxygen atoms in total. The average Bonchev–Trinajstić information content (AvgIpc) is 3.16. The summed E-state index contributed by atoms with van der Waals surface area (Å²) >= 11 is 5.91. The zero-order valence-electron chi connectivity index (χ0n) is 15.8. The van der Waals surface area contributed by atoms with Gasteiger partial charge in [0.1, 0.15) is 6.33 Å².